The van der Waals surface area contributed by atoms with E-state index >= 15 is 0 Å². The van der Waals surface area contributed by atoms with Crippen LogP contribution in [-0.2, 0) is 0 Å². The van der Waals surface area contributed by atoms with Crippen molar-refractivity contribution in [3.05, 3.63) is 33.8 Å². The van der Waals surface area contributed by atoms with Crippen molar-refractivity contribution in [2.75, 3.05) is 0 Å². The van der Waals surface area contributed by atoms with Crippen molar-refractivity contribution < 1.29 is 4.79 Å². The Morgan fingerprint density at radius 3 is 2.44 bits per heavy atom. The van der Waals surface area contributed by atoms with Gasteiger partial charge in [0.05, 0.1) is 15.6 Å². The van der Waals surface area contributed by atoms with E-state index in [-0.39, 0.29) is 5.91 Å². The second-order valence-corrected chi connectivity index (χ2v) is 6.13. The summed E-state index contributed by atoms with van der Waals surface area (Å²) in [4.78, 5) is 12.2. The smallest absolute Gasteiger partial charge is 0.253 e. The molecule has 0 bridgehead atoms. The Balaban J connectivity index is 1.69. The van der Waals surface area contributed by atoms with Gasteiger partial charge in [-0.2, -0.15) is 0 Å². The minimum atomic E-state index is -0.103. The van der Waals surface area contributed by atoms with Crippen molar-refractivity contribution in [1.29, 1.82) is 0 Å². The Hall–Kier alpha value is -0.730. The van der Waals surface area contributed by atoms with E-state index in [1.165, 1.54) is 12.8 Å². The first-order valence-corrected chi connectivity index (χ1v) is 7.15. The molecule has 18 heavy (non-hydrogen) atoms. The summed E-state index contributed by atoms with van der Waals surface area (Å²) in [6.07, 6.45) is 4.90. The number of carbonyl (C=O) groups excluding carboxylic acids is 1. The second kappa shape index (κ2) is 4.75. The maximum atomic E-state index is 12.2. The number of hydrogen-bond donors (Lipinski definition) is 1. The number of rotatable bonds is 2. The van der Waals surface area contributed by atoms with Crippen LogP contribution >= 0.6 is 23.2 Å². The predicted molar refractivity (Wildman–Crippen MR) is 73.2 cm³/mol. The van der Waals surface area contributed by atoms with Crippen LogP contribution in [0, 0.1) is 11.8 Å². The zero-order valence-electron chi connectivity index (χ0n) is 9.96. The van der Waals surface area contributed by atoms with Gasteiger partial charge in [-0.05, 0) is 49.7 Å². The van der Waals surface area contributed by atoms with E-state index in [0.29, 0.717) is 21.7 Å². The summed E-state index contributed by atoms with van der Waals surface area (Å²) in [6, 6.07) is 5.47. The van der Waals surface area contributed by atoms with Gasteiger partial charge in [0.2, 0.25) is 0 Å². The van der Waals surface area contributed by atoms with E-state index in [2.05, 4.69) is 5.32 Å². The van der Waals surface area contributed by atoms with E-state index in [9.17, 15) is 4.79 Å². The second-order valence-electron chi connectivity index (χ2n) is 5.34. The minimum absolute atomic E-state index is 0.103. The van der Waals surface area contributed by atoms with Crippen LogP contribution in [0.3, 0.4) is 0 Å². The lowest BCUT2D eigenvalue weighted by atomic mass is 9.77. The molecule has 2 fully saturated rings. The van der Waals surface area contributed by atoms with Gasteiger partial charge in [0.15, 0.2) is 0 Å². The normalized spacial score (nSPS) is 29.6. The average Bonchev–Trinajstić information content (AvgIpc) is 2.59. The highest BCUT2D eigenvalue weighted by Crippen LogP contribution is 2.46. The topological polar surface area (TPSA) is 29.1 Å². The van der Waals surface area contributed by atoms with Gasteiger partial charge in [0, 0.05) is 6.04 Å². The fraction of sp³-hybridized carbons (Fsp3) is 0.500. The molecule has 2 unspecified atom stereocenters. The lowest BCUT2D eigenvalue weighted by molar-refractivity contribution is 0.0937. The quantitative estimate of drug-likeness (QED) is 0.876. The van der Waals surface area contributed by atoms with Crippen LogP contribution in [0.15, 0.2) is 18.2 Å². The lowest BCUT2D eigenvalue weighted by Crippen LogP contribution is -2.33. The summed E-state index contributed by atoms with van der Waals surface area (Å²) in [7, 11) is 0. The molecule has 3 rings (SSSR count). The maximum Gasteiger partial charge on any atom is 0.253 e. The predicted octanol–water partition coefficient (Wildman–Crippen LogP) is 3.91. The Kier molecular flexibility index (Phi) is 3.25. The number of fused-ring (bicyclic) bond motifs is 1. The molecule has 2 aliphatic carbocycles. The zero-order valence-corrected chi connectivity index (χ0v) is 11.5. The van der Waals surface area contributed by atoms with Gasteiger partial charge >= 0.3 is 0 Å². The number of hydrogen-bond acceptors (Lipinski definition) is 1. The van der Waals surface area contributed by atoms with Crippen LogP contribution in [0.1, 0.15) is 36.0 Å². The third kappa shape index (κ3) is 2.12. The third-order valence-corrected chi connectivity index (χ3v) is 5.10. The molecule has 2 atom stereocenters. The largest absolute Gasteiger partial charge is 0.349 e. The fourth-order valence-corrected chi connectivity index (χ4v) is 3.53. The highest BCUT2D eigenvalue weighted by Gasteiger charge is 2.40. The van der Waals surface area contributed by atoms with Gasteiger partial charge in [-0.15, -0.1) is 0 Å². The lowest BCUT2D eigenvalue weighted by Gasteiger charge is -2.29. The van der Waals surface area contributed by atoms with Crippen LogP contribution in [0.25, 0.3) is 0 Å². The minimum Gasteiger partial charge on any atom is -0.349 e. The van der Waals surface area contributed by atoms with Crippen molar-refractivity contribution in [3.8, 4) is 0 Å². The van der Waals surface area contributed by atoms with Crippen LogP contribution in [-0.4, -0.2) is 11.9 Å². The molecule has 1 amide bonds. The fourth-order valence-electron chi connectivity index (χ4n) is 3.15. The molecule has 96 valence electrons. The standard InChI is InChI=1S/C14H15Cl2NO/c15-12-3-1-2-11(13(12)16)14(18)17-10-6-8-4-5-9(8)7-10/h1-3,8-10H,4-7H2,(H,17,18). The molecule has 0 spiro atoms. The van der Waals surface area contributed by atoms with Crippen LogP contribution in [0.2, 0.25) is 10.0 Å². The molecule has 0 radical (unpaired) electrons. The van der Waals surface area contributed by atoms with Gasteiger partial charge < -0.3 is 5.32 Å². The number of amides is 1. The van der Waals surface area contributed by atoms with E-state index in [1.807, 2.05) is 0 Å². The van der Waals surface area contributed by atoms with Gasteiger partial charge in [0.25, 0.3) is 5.91 Å². The van der Waals surface area contributed by atoms with Crippen molar-refractivity contribution in [2.24, 2.45) is 11.8 Å². The van der Waals surface area contributed by atoms with E-state index in [0.717, 1.165) is 24.7 Å². The van der Waals surface area contributed by atoms with E-state index in [4.69, 9.17) is 23.2 Å². The molecule has 4 heteroatoms. The maximum absolute atomic E-state index is 12.2. The molecule has 1 aromatic rings. The van der Waals surface area contributed by atoms with Gasteiger partial charge in [0.1, 0.15) is 0 Å². The molecule has 1 N–H and O–H groups in total. The van der Waals surface area contributed by atoms with Crippen molar-refractivity contribution >= 4 is 29.1 Å². The number of nitrogens with one attached hydrogen (secondary N) is 1. The van der Waals surface area contributed by atoms with Crippen molar-refractivity contribution in [3.63, 3.8) is 0 Å². The summed E-state index contributed by atoms with van der Waals surface area (Å²) in [5, 5.41) is 3.85. The van der Waals surface area contributed by atoms with Gasteiger partial charge in [-0.3, -0.25) is 4.79 Å². The van der Waals surface area contributed by atoms with Crippen LogP contribution in [0.4, 0.5) is 0 Å². The molecular weight excluding hydrogens is 269 g/mol. The SMILES string of the molecule is O=C(NC1CC2CCC2C1)c1cccc(Cl)c1Cl. The molecule has 2 saturated carbocycles. The van der Waals surface area contributed by atoms with Crippen LogP contribution in [0.5, 0.6) is 0 Å². The molecular formula is C14H15Cl2NO. The summed E-state index contributed by atoms with van der Waals surface area (Å²) in [5.41, 5.74) is 0.475. The third-order valence-electron chi connectivity index (χ3n) is 4.28. The number of benzene rings is 1. The summed E-state index contributed by atoms with van der Waals surface area (Å²) >= 11 is 12.0. The number of halogens is 2. The Morgan fingerprint density at radius 1 is 1.17 bits per heavy atom. The summed E-state index contributed by atoms with van der Waals surface area (Å²) in [6.45, 7) is 0. The van der Waals surface area contributed by atoms with Crippen molar-refractivity contribution in [2.45, 2.75) is 31.7 Å². The summed E-state index contributed by atoms with van der Waals surface area (Å²) < 4.78 is 0. The molecule has 2 aliphatic rings. The van der Waals surface area contributed by atoms with Crippen LogP contribution < -0.4 is 5.32 Å². The summed E-state index contributed by atoms with van der Waals surface area (Å²) in [5.74, 6) is 1.57. The molecule has 0 heterocycles. The first kappa shape index (κ1) is 12.3. The van der Waals surface area contributed by atoms with E-state index in [1.54, 1.807) is 18.2 Å². The zero-order chi connectivity index (χ0) is 12.7. The first-order chi connectivity index (χ1) is 8.65. The molecule has 1 aromatic carbocycles. The molecule has 0 aliphatic heterocycles. The molecule has 0 saturated heterocycles. The highest BCUT2D eigenvalue weighted by molar-refractivity contribution is 6.43. The highest BCUT2D eigenvalue weighted by atomic mass is 35.5. The molecule has 2 nitrogen and oxygen atoms in total. The monoisotopic (exact) mass is 283 g/mol. The van der Waals surface area contributed by atoms with E-state index < -0.39 is 0 Å². The Bertz CT molecular complexity index is 477. The number of carbonyl (C=O) groups is 1. The average molecular weight is 284 g/mol. The molecule has 0 aromatic heterocycles. The van der Waals surface area contributed by atoms with Crippen molar-refractivity contribution in [1.82, 2.24) is 5.32 Å². The van der Waals surface area contributed by atoms with Gasteiger partial charge in [-0.25, -0.2) is 0 Å². The van der Waals surface area contributed by atoms with Gasteiger partial charge in [-0.1, -0.05) is 29.3 Å². The Morgan fingerprint density at radius 2 is 1.83 bits per heavy atom. The Labute approximate surface area is 117 Å². The first-order valence-electron chi connectivity index (χ1n) is 6.40.